The number of hydrogen-bond donors (Lipinski definition) is 1. The molecule has 0 spiro atoms. The predicted molar refractivity (Wildman–Crippen MR) is 99.3 cm³/mol. The first kappa shape index (κ1) is 16.3. The maximum absolute atomic E-state index is 12.5. The molecule has 0 aliphatic heterocycles. The number of hydrogen-bond acceptors (Lipinski definition) is 5. The van der Waals surface area contributed by atoms with Crippen LogP contribution in [0.4, 0.5) is 0 Å². The quantitative estimate of drug-likeness (QED) is 0.747. The SMILES string of the molecule is O=C(N[C@H]1C[C@H]2CC[C@@H]1C2)c1cc(COc2cccc3cccnc23)on1. The highest BCUT2D eigenvalue weighted by Gasteiger charge is 2.40. The van der Waals surface area contributed by atoms with Crippen LogP contribution in [-0.4, -0.2) is 22.1 Å². The molecule has 2 saturated carbocycles. The molecule has 6 heteroatoms. The van der Waals surface area contributed by atoms with Crippen LogP contribution in [0.15, 0.2) is 47.1 Å². The molecule has 2 aliphatic carbocycles. The molecule has 1 amide bonds. The number of pyridine rings is 1. The summed E-state index contributed by atoms with van der Waals surface area (Å²) < 4.78 is 11.1. The molecule has 2 fully saturated rings. The predicted octanol–water partition coefficient (Wildman–Crippen LogP) is 3.72. The third kappa shape index (κ3) is 3.16. The summed E-state index contributed by atoms with van der Waals surface area (Å²) in [6, 6.07) is 11.6. The van der Waals surface area contributed by atoms with Crippen molar-refractivity contribution in [3.05, 3.63) is 54.0 Å². The van der Waals surface area contributed by atoms with Crippen LogP contribution in [0.1, 0.15) is 41.9 Å². The van der Waals surface area contributed by atoms with Crippen molar-refractivity contribution in [1.29, 1.82) is 0 Å². The number of aromatic nitrogens is 2. The fraction of sp³-hybridized carbons (Fsp3) is 0.381. The number of ether oxygens (including phenoxy) is 1. The van der Waals surface area contributed by atoms with Gasteiger partial charge in [-0.1, -0.05) is 29.8 Å². The second kappa shape index (κ2) is 6.68. The summed E-state index contributed by atoms with van der Waals surface area (Å²) in [6.45, 7) is 0.199. The molecule has 3 atom stereocenters. The zero-order chi connectivity index (χ0) is 18.2. The first-order chi connectivity index (χ1) is 13.3. The van der Waals surface area contributed by atoms with Crippen LogP contribution in [0.5, 0.6) is 5.75 Å². The first-order valence-electron chi connectivity index (χ1n) is 9.49. The Morgan fingerprint density at radius 3 is 3.00 bits per heavy atom. The van der Waals surface area contributed by atoms with E-state index in [0.717, 1.165) is 23.2 Å². The van der Waals surface area contributed by atoms with Gasteiger partial charge >= 0.3 is 0 Å². The molecule has 0 saturated heterocycles. The molecule has 0 unspecified atom stereocenters. The van der Waals surface area contributed by atoms with Gasteiger partial charge in [-0.3, -0.25) is 9.78 Å². The van der Waals surface area contributed by atoms with E-state index in [1.807, 2.05) is 30.3 Å². The Kier molecular flexibility index (Phi) is 4.03. The zero-order valence-corrected chi connectivity index (χ0v) is 14.9. The summed E-state index contributed by atoms with van der Waals surface area (Å²) in [4.78, 5) is 16.8. The summed E-state index contributed by atoms with van der Waals surface area (Å²) in [5, 5.41) is 8.05. The van der Waals surface area contributed by atoms with Gasteiger partial charge in [-0.15, -0.1) is 0 Å². The van der Waals surface area contributed by atoms with Crippen molar-refractivity contribution in [2.75, 3.05) is 0 Å². The van der Waals surface area contributed by atoms with Gasteiger partial charge in [0, 0.05) is 23.7 Å². The van der Waals surface area contributed by atoms with Gasteiger partial charge in [0.05, 0.1) is 0 Å². The molecule has 2 aromatic heterocycles. The largest absolute Gasteiger partial charge is 0.483 e. The van der Waals surface area contributed by atoms with Crippen molar-refractivity contribution in [1.82, 2.24) is 15.5 Å². The molecular weight excluding hydrogens is 342 g/mol. The molecule has 2 heterocycles. The first-order valence-corrected chi connectivity index (χ1v) is 9.49. The Hall–Kier alpha value is -2.89. The molecule has 2 aliphatic rings. The minimum atomic E-state index is -0.158. The van der Waals surface area contributed by atoms with Gasteiger partial charge in [-0.2, -0.15) is 0 Å². The van der Waals surface area contributed by atoms with Crippen molar-refractivity contribution in [2.45, 2.75) is 38.3 Å². The minimum Gasteiger partial charge on any atom is -0.483 e. The Labute approximate surface area is 156 Å². The second-order valence-electron chi connectivity index (χ2n) is 7.55. The highest BCUT2D eigenvalue weighted by molar-refractivity contribution is 5.92. The zero-order valence-electron chi connectivity index (χ0n) is 14.9. The van der Waals surface area contributed by atoms with Crippen LogP contribution in [0, 0.1) is 11.8 Å². The molecule has 27 heavy (non-hydrogen) atoms. The van der Waals surface area contributed by atoms with Crippen LogP contribution in [0.3, 0.4) is 0 Å². The Balaban J connectivity index is 1.23. The number of carbonyl (C=O) groups excluding carboxylic acids is 1. The molecular formula is C21H21N3O3. The summed E-state index contributed by atoms with van der Waals surface area (Å²) >= 11 is 0. The van der Waals surface area contributed by atoms with Crippen molar-refractivity contribution in [2.24, 2.45) is 11.8 Å². The average molecular weight is 363 g/mol. The number of benzene rings is 1. The average Bonchev–Trinajstić information content (AvgIpc) is 3.43. The number of nitrogens with one attached hydrogen (secondary N) is 1. The van der Waals surface area contributed by atoms with Gasteiger partial charge in [0.25, 0.3) is 5.91 Å². The number of fused-ring (bicyclic) bond motifs is 3. The standard InChI is InChI=1S/C21H21N3O3/c25-21(23-17-10-13-6-7-15(17)9-13)18-11-16(27-24-18)12-26-19-5-1-3-14-4-2-8-22-20(14)19/h1-5,8,11,13,15,17H,6-7,9-10,12H2,(H,23,25)/t13-,15+,17-/m0/s1. The highest BCUT2D eigenvalue weighted by Crippen LogP contribution is 2.44. The van der Waals surface area contributed by atoms with E-state index in [-0.39, 0.29) is 18.6 Å². The lowest BCUT2D eigenvalue weighted by Gasteiger charge is -2.22. The normalized spacial score (nSPS) is 23.6. The third-order valence-electron chi connectivity index (χ3n) is 5.81. The maximum Gasteiger partial charge on any atom is 0.273 e. The fourth-order valence-electron chi connectivity index (χ4n) is 4.49. The van der Waals surface area contributed by atoms with Crippen LogP contribution in [-0.2, 0) is 6.61 Å². The van der Waals surface area contributed by atoms with E-state index in [0.29, 0.717) is 23.1 Å². The Bertz CT molecular complexity index is 978. The fourth-order valence-corrected chi connectivity index (χ4v) is 4.49. The molecule has 2 bridgehead atoms. The molecule has 138 valence electrons. The third-order valence-corrected chi connectivity index (χ3v) is 5.81. The highest BCUT2D eigenvalue weighted by atomic mass is 16.5. The molecule has 6 nitrogen and oxygen atoms in total. The molecule has 1 N–H and O–H groups in total. The summed E-state index contributed by atoms with van der Waals surface area (Å²) in [5.41, 5.74) is 1.11. The second-order valence-corrected chi connectivity index (χ2v) is 7.55. The summed E-state index contributed by atoms with van der Waals surface area (Å²) in [6.07, 6.45) is 6.63. The number of carbonyl (C=O) groups is 1. The monoisotopic (exact) mass is 363 g/mol. The maximum atomic E-state index is 12.5. The van der Waals surface area contributed by atoms with Crippen molar-refractivity contribution >= 4 is 16.8 Å². The van der Waals surface area contributed by atoms with Crippen LogP contribution < -0.4 is 10.1 Å². The van der Waals surface area contributed by atoms with E-state index in [9.17, 15) is 4.79 Å². The van der Waals surface area contributed by atoms with Gasteiger partial charge in [-0.05, 0) is 43.2 Å². The smallest absolute Gasteiger partial charge is 0.273 e. The molecule has 0 radical (unpaired) electrons. The summed E-state index contributed by atoms with van der Waals surface area (Å²) in [5.74, 6) is 2.45. The number of nitrogens with zero attached hydrogens (tertiary/aromatic N) is 2. The van der Waals surface area contributed by atoms with Crippen LogP contribution >= 0.6 is 0 Å². The van der Waals surface area contributed by atoms with E-state index >= 15 is 0 Å². The lowest BCUT2D eigenvalue weighted by atomic mass is 9.95. The van der Waals surface area contributed by atoms with E-state index in [1.165, 1.54) is 19.3 Å². The van der Waals surface area contributed by atoms with Crippen molar-refractivity contribution in [3.63, 3.8) is 0 Å². The van der Waals surface area contributed by atoms with Gasteiger partial charge in [0.2, 0.25) is 0 Å². The van der Waals surface area contributed by atoms with E-state index < -0.39 is 0 Å². The summed E-state index contributed by atoms with van der Waals surface area (Å²) in [7, 11) is 0. The minimum absolute atomic E-state index is 0.158. The Morgan fingerprint density at radius 2 is 2.15 bits per heavy atom. The molecule has 1 aromatic carbocycles. The number of para-hydroxylation sites is 1. The van der Waals surface area contributed by atoms with E-state index in [1.54, 1.807) is 12.3 Å². The molecule has 5 rings (SSSR count). The Morgan fingerprint density at radius 1 is 1.22 bits per heavy atom. The van der Waals surface area contributed by atoms with E-state index in [4.69, 9.17) is 9.26 Å². The van der Waals surface area contributed by atoms with Gasteiger partial charge < -0.3 is 14.6 Å². The van der Waals surface area contributed by atoms with Crippen LogP contribution in [0.25, 0.3) is 10.9 Å². The number of amides is 1. The van der Waals surface area contributed by atoms with Crippen molar-refractivity contribution < 1.29 is 14.1 Å². The van der Waals surface area contributed by atoms with Gasteiger partial charge in [-0.25, -0.2) is 0 Å². The lowest BCUT2D eigenvalue weighted by molar-refractivity contribution is 0.0913. The van der Waals surface area contributed by atoms with Crippen molar-refractivity contribution in [3.8, 4) is 5.75 Å². The van der Waals surface area contributed by atoms with Gasteiger partial charge in [0.15, 0.2) is 11.5 Å². The number of rotatable bonds is 5. The van der Waals surface area contributed by atoms with Gasteiger partial charge in [0.1, 0.15) is 17.9 Å². The topological polar surface area (TPSA) is 77.2 Å². The lowest BCUT2D eigenvalue weighted by Crippen LogP contribution is -2.38. The molecule has 3 aromatic rings. The van der Waals surface area contributed by atoms with E-state index in [2.05, 4.69) is 15.5 Å². The van der Waals surface area contributed by atoms with Crippen LogP contribution in [0.2, 0.25) is 0 Å².